The molecule has 0 saturated carbocycles. The lowest BCUT2D eigenvalue weighted by molar-refractivity contribution is -0.122. The summed E-state index contributed by atoms with van der Waals surface area (Å²) in [6, 6.07) is 9.51. The molecular weight excluding hydrogens is 302 g/mol. The Hall–Kier alpha value is -1.07. The van der Waals surface area contributed by atoms with Crippen molar-refractivity contribution >= 4 is 44.9 Å². The lowest BCUT2D eigenvalue weighted by Gasteiger charge is -2.08. The quantitative estimate of drug-likeness (QED) is 0.636. The van der Waals surface area contributed by atoms with Gasteiger partial charge in [-0.3, -0.25) is 14.5 Å². The molecule has 2 rings (SSSR count). The van der Waals surface area contributed by atoms with Crippen LogP contribution >= 0.6 is 27.7 Å². The number of imide groups is 1. The van der Waals surface area contributed by atoms with Crippen LogP contribution in [0.15, 0.2) is 35.2 Å². The lowest BCUT2D eigenvalue weighted by atomic mass is 10.2. The van der Waals surface area contributed by atoms with Gasteiger partial charge in [0.1, 0.15) is 0 Å². The van der Waals surface area contributed by atoms with Crippen molar-refractivity contribution in [3.05, 3.63) is 40.8 Å². The van der Waals surface area contributed by atoms with Gasteiger partial charge in [0.05, 0.1) is 4.91 Å². The van der Waals surface area contributed by atoms with Crippen LogP contribution in [0.25, 0.3) is 6.08 Å². The maximum atomic E-state index is 11.9. The second kappa shape index (κ2) is 5.51. The van der Waals surface area contributed by atoms with Crippen molar-refractivity contribution < 1.29 is 9.59 Å². The van der Waals surface area contributed by atoms with E-state index >= 15 is 0 Å². The van der Waals surface area contributed by atoms with Gasteiger partial charge in [-0.05, 0) is 23.4 Å². The second-order valence-corrected chi connectivity index (χ2v) is 5.22. The molecular formula is C12H10BrNO2S. The van der Waals surface area contributed by atoms with Crippen molar-refractivity contribution in [3.63, 3.8) is 0 Å². The third-order valence-electron chi connectivity index (χ3n) is 2.28. The summed E-state index contributed by atoms with van der Waals surface area (Å²) in [5, 5.41) is 0.403. The summed E-state index contributed by atoms with van der Waals surface area (Å²) >= 11 is 4.22. The van der Waals surface area contributed by atoms with Crippen molar-refractivity contribution in [2.24, 2.45) is 0 Å². The molecule has 0 aromatic heterocycles. The number of halogens is 1. The van der Waals surface area contributed by atoms with Gasteiger partial charge in [-0.1, -0.05) is 46.3 Å². The minimum Gasteiger partial charge on any atom is -0.268 e. The molecule has 0 aliphatic carbocycles. The van der Waals surface area contributed by atoms with Crippen molar-refractivity contribution in [2.45, 2.75) is 0 Å². The van der Waals surface area contributed by atoms with Crippen LogP contribution in [-0.4, -0.2) is 27.9 Å². The molecule has 1 heterocycles. The zero-order valence-electron chi connectivity index (χ0n) is 8.93. The fraction of sp³-hybridized carbons (Fsp3) is 0.167. The lowest BCUT2D eigenvalue weighted by Crippen LogP contribution is -2.29. The minimum atomic E-state index is -0.205. The molecule has 17 heavy (non-hydrogen) atoms. The Bertz CT molecular complexity index is 473. The molecule has 1 aromatic carbocycles. The summed E-state index contributed by atoms with van der Waals surface area (Å²) in [7, 11) is 0. The largest absolute Gasteiger partial charge is 0.293 e. The van der Waals surface area contributed by atoms with Gasteiger partial charge in [0.2, 0.25) is 0 Å². The van der Waals surface area contributed by atoms with E-state index in [1.807, 2.05) is 30.3 Å². The molecule has 0 N–H and O–H groups in total. The van der Waals surface area contributed by atoms with E-state index in [4.69, 9.17) is 0 Å². The van der Waals surface area contributed by atoms with E-state index in [9.17, 15) is 9.59 Å². The van der Waals surface area contributed by atoms with Crippen LogP contribution in [-0.2, 0) is 4.79 Å². The molecule has 1 aromatic rings. The van der Waals surface area contributed by atoms with Crippen LogP contribution in [0.3, 0.4) is 0 Å². The fourth-order valence-corrected chi connectivity index (χ4v) is 2.70. The maximum absolute atomic E-state index is 11.9. The molecule has 1 aliphatic rings. The van der Waals surface area contributed by atoms with Gasteiger partial charge < -0.3 is 0 Å². The third-order valence-corrected chi connectivity index (χ3v) is 3.54. The van der Waals surface area contributed by atoms with Gasteiger partial charge in [0.15, 0.2) is 0 Å². The molecule has 0 unspecified atom stereocenters. The van der Waals surface area contributed by atoms with Crippen LogP contribution in [0.5, 0.6) is 0 Å². The molecule has 0 radical (unpaired) electrons. The molecule has 5 heteroatoms. The predicted molar refractivity (Wildman–Crippen MR) is 72.9 cm³/mol. The molecule has 0 bridgehead atoms. The van der Waals surface area contributed by atoms with Crippen molar-refractivity contribution in [3.8, 4) is 0 Å². The number of rotatable bonds is 3. The highest BCUT2D eigenvalue weighted by Crippen LogP contribution is 2.31. The summed E-state index contributed by atoms with van der Waals surface area (Å²) in [5.41, 5.74) is 0.928. The van der Waals surface area contributed by atoms with Gasteiger partial charge in [0.25, 0.3) is 11.1 Å². The minimum absolute atomic E-state index is 0.198. The van der Waals surface area contributed by atoms with Gasteiger partial charge in [-0.25, -0.2) is 0 Å². The summed E-state index contributed by atoms with van der Waals surface area (Å²) in [5.74, 6) is -0.205. The number of benzene rings is 1. The first-order valence-corrected chi connectivity index (χ1v) is 7.02. The van der Waals surface area contributed by atoms with E-state index in [0.717, 1.165) is 17.3 Å². The van der Waals surface area contributed by atoms with Crippen LogP contribution in [0.4, 0.5) is 4.79 Å². The van der Waals surface area contributed by atoms with E-state index in [1.54, 1.807) is 6.08 Å². The standard InChI is InChI=1S/C12H10BrNO2S/c13-6-7-14-11(15)10(17-12(14)16)8-9-4-2-1-3-5-9/h1-5,8H,6-7H2. The number of thioether (sulfide) groups is 1. The van der Waals surface area contributed by atoms with Crippen LogP contribution in [0.2, 0.25) is 0 Å². The molecule has 1 fully saturated rings. The molecule has 3 nitrogen and oxygen atoms in total. The highest BCUT2D eigenvalue weighted by Gasteiger charge is 2.34. The summed E-state index contributed by atoms with van der Waals surface area (Å²) < 4.78 is 0. The molecule has 88 valence electrons. The Morgan fingerprint density at radius 1 is 1.24 bits per heavy atom. The molecule has 0 spiro atoms. The van der Waals surface area contributed by atoms with E-state index in [-0.39, 0.29) is 11.1 Å². The number of hydrogen-bond donors (Lipinski definition) is 0. The first-order valence-electron chi connectivity index (χ1n) is 5.09. The average molecular weight is 312 g/mol. The van der Waals surface area contributed by atoms with Crippen LogP contribution < -0.4 is 0 Å². The number of alkyl halides is 1. The first-order chi connectivity index (χ1) is 8.22. The highest BCUT2D eigenvalue weighted by molar-refractivity contribution is 9.09. The first kappa shape index (κ1) is 12.4. The Morgan fingerprint density at radius 2 is 1.94 bits per heavy atom. The normalized spacial score (nSPS) is 18.2. The topological polar surface area (TPSA) is 37.4 Å². The van der Waals surface area contributed by atoms with E-state index in [0.29, 0.717) is 16.8 Å². The number of amides is 2. The van der Waals surface area contributed by atoms with Gasteiger partial charge in [-0.15, -0.1) is 0 Å². The van der Waals surface area contributed by atoms with E-state index < -0.39 is 0 Å². The van der Waals surface area contributed by atoms with E-state index in [2.05, 4.69) is 15.9 Å². The zero-order chi connectivity index (χ0) is 12.3. The smallest absolute Gasteiger partial charge is 0.268 e. The van der Waals surface area contributed by atoms with Gasteiger partial charge in [-0.2, -0.15) is 0 Å². The molecule has 1 saturated heterocycles. The van der Waals surface area contributed by atoms with Crippen molar-refractivity contribution in [1.82, 2.24) is 4.90 Å². The van der Waals surface area contributed by atoms with Crippen LogP contribution in [0, 0.1) is 0 Å². The maximum Gasteiger partial charge on any atom is 0.293 e. The molecule has 1 aliphatic heterocycles. The second-order valence-electron chi connectivity index (χ2n) is 3.43. The average Bonchev–Trinajstić information content (AvgIpc) is 2.59. The fourth-order valence-electron chi connectivity index (χ4n) is 1.48. The summed E-state index contributed by atoms with van der Waals surface area (Å²) in [6.45, 7) is 0.413. The predicted octanol–water partition coefficient (Wildman–Crippen LogP) is 3.12. The number of carbonyl (C=O) groups is 2. The van der Waals surface area contributed by atoms with Gasteiger partial charge in [0, 0.05) is 11.9 Å². The number of nitrogens with zero attached hydrogens (tertiary/aromatic N) is 1. The highest BCUT2D eigenvalue weighted by atomic mass is 79.9. The molecule has 2 amide bonds. The van der Waals surface area contributed by atoms with E-state index in [1.165, 1.54) is 4.90 Å². The van der Waals surface area contributed by atoms with Crippen molar-refractivity contribution in [2.75, 3.05) is 11.9 Å². The zero-order valence-corrected chi connectivity index (χ0v) is 11.3. The SMILES string of the molecule is O=C1SC(=Cc2ccccc2)C(=O)N1CCBr. The monoisotopic (exact) mass is 311 g/mol. The Labute approximate surface area is 112 Å². The molecule has 0 atom stereocenters. The Morgan fingerprint density at radius 3 is 2.59 bits per heavy atom. The van der Waals surface area contributed by atoms with Crippen LogP contribution in [0.1, 0.15) is 5.56 Å². The summed E-state index contributed by atoms with van der Waals surface area (Å²) in [4.78, 5) is 25.2. The van der Waals surface area contributed by atoms with Crippen molar-refractivity contribution in [1.29, 1.82) is 0 Å². The Balaban J connectivity index is 2.22. The number of carbonyl (C=O) groups excluding carboxylic acids is 2. The Kier molecular flexibility index (Phi) is 4.02. The van der Waals surface area contributed by atoms with Gasteiger partial charge >= 0.3 is 0 Å². The number of hydrogen-bond acceptors (Lipinski definition) is 3. The summed E-state index contributed by atoms with van der Waals surface area (Å²) in [6.07, 6.45) is 1.75. The third kappa shape index (κ3) is 2.79.